The molecule has 1 fully saturated rings. The number of guanidine groups is 1. The van der Waals surface area contributed by atoms with Crippen molar-refractivity contribution in [2.24, 2.45) is 4.99 Å². The first-order valence-corrected chi connectivity index (χ1v) is 8.59. The molecule has 1 aliphatic heterocycles. The third-order valence-electron chi connectivity index (χ3n) is 4.34. The van der Waals surface area contributed by atoms with Crippen molar-refractivity contribution in [2.75, 3.05) is 20.1 Å². The summed E-state index contributed by atoms with van der Waals surface area (Å²) in [5.74, 6) is 0.910. The van der Waals surface area contributed by atoms with Crippen LogP contribution in [0.4, 0.5) is 0 Å². The van der Waals surface area contributed by atoms with Crippen LogP contribution in [0.5, 0.6) is 0 Å². The molecule has 0 aliphatic carbocycles. The van der Waals surface area contributed by atoms with Crippen LogP contribution in [0.15, 0.2) is 47.5 Å². The molecule has 2 atom stereocenters. The number of nitrogens with one attached hydrogen (secondary N) is 2. The summed E-state index contributed by atoms with van der Waals surface area (Å²) in [5.41, 5.74) is 1.38. The van der Waals surface area contributed by atoms with E-state index in [-0.39, 0.29) is 0 Å². The number of benzene rings is 1. The molecule has 2 rings (SSSR count). The quantitative estimate of drug-likeness (QED) is 0.367. The Labute approximate surface area is 140 Å². The van der Waals surface area contributed by atoms with E-state index in [1.807, 2.05) is 14.0 Å². The minimum atomic E-state index is 0.460. The molecule has 0 amide bonds. The third-order valence-corrected chi connectivity index (χ3v) is 4.34. The van der Waals surface area contributed by atoms with Crippen LogP contribution in [0, 0.1) is 0 Å². The Hall–Kier alpha value is -1.81. The highest BCUT2D eigenvalue weighted by atomic mass is 15.3. The second kappa shape index (κ2) is 9.36. The van der Waals surface area contributed by atoms with Crippen LogP contribution < -0.4 is 10.6 Å². The first kappa shape index (κ1) is 17.5. The van der Waals surface area contributed by atoms with Gasteiger partial charge in [-0.25, -0.2) is 0 Å². The van der Waals surface area contributed by atoms with Crippen LogP contribution in [-0.2, 0) is 6.54 Å². The average Bonchev–Trinajstić information content (AvgIpc) is 2.91. The molecule has 1 saturated heterocycles. The molecule has 126 valence electrons. The zero-order chi connectivity index (χ0) is 16.5. The Morgan fingerprint density at radius 1 is 1.35 bits per heavy atom. The first-order chi connectivity index (χ1) is 11.2. The van der Waals surface area contributed by atoms with Crippen LogP contribution >= 0.6 is 0 Å². The van der Waals surface area contributed by atoms with E-state index in [1.54, 1.807) is 0 Å². The van der Waals surface area contributed by atoms with Crippen molar-refractivity contribution in [2.45, 2.75) is 45.3 Å². The van der Waals surface area contributed by atoms with Crippen LogP contribution in [0.25, 0.3) is 0 Å². The maximum atomic E-state index is 4.34. The Bertz CT molecular complexity index is 509. The molecule has 0 spiro atoms. The van der Waals surface area contributed by atoms with Gasteiger partial charge in [0.1, 0.15) is 0 Å². The highest BCUT2D eigenvalue weighted by Crippen LogP contribution is 2.20. The topological polar surface area (TPSA) is 39.7 Å². The molecule has 1 aromatic carbocycles. The minimum absolute atomic E-state index is 0.460. The van der Waals surface area contributed by atoms with Crippen molar-refractivity contribution in [1.82, 2.24) is 15.5 Å². The van der Waals surface area contributed by atoms with Gasteiger partial charge in [0.05, 0.1) is 0 Å². The number of aliphatic imine (C=N–C) groups is 1. The van der Waals surface area contributed by atoms with E-state index in [0.717, 1.165) is 38.4 Å². The Morgan fingerprint density at radius 3 is 2.83 bits per heavy atom. The first-order valence-electron chi connectivity index (χ1n) is 8.59. The average molecular weight is 314 g/mol. The van der Waals surface area contributed by atoms with E-state index in [9.17, 15) is 0 Å². The maximum Gasteiger partial charge on any atom is 0.191 e. The number of likely N-dealkylation sites (tertiary alicyclic amines) is 1. The lowest BCUT2D eigenvalue weighted by molar-refractivity contribution is 0.258. The van der Waals surface area contributed by atoms with Crippen LogP contribution in [0.3, 0.4) is 0 Å². The second-order valence-corrected chi connectivity index (χ2v) is 6.20. The molecule has 0 aromatic heterocycles. The van der Waals surface area contributed by atoms with Crippen LogP contribution in [0.1, 0.15) is 32.3 Å². The molecule has 0 saturated carbocycles. The number of rotatable bonds is 6. The van der Waals surface area contributed by atoms with E-state index in [1.165, 1.54) is 5.56 Å². The predicted molar refractivity (Wildman–Crippen MR) is 98.6 cm³/mol. The molecule has 1 aromatic rings. The van der Waals surface area contributed by atoms with E-state index in [0.29, 0.717) is 12.1 Å². The largest absolute Gasteiger partial charge is 0.356 e. The van der Waals surface area contributed by atoms with Crippen molar-refractivity contribution in [3.05, 3.63) is 48.0 Å². The number of hydrogen-bond acceptors (Lipinski definition) is 2. The van der Waals surface area contributed by atoms with Gasteiger partial charge in [-0.3, -0.25) is 9.89 Å². The Morgan fingerprint density at radius 2 is 2.13 bits per heavy atom. The van der Waals surface area contributed by atoms with Gasteiger partial charge >= 0.3 is 0 Å². The molecule has 2 N–H and O–H groups in total. The van der Waals surface area contributed by atoms with Crippen molar-refractivity contribution in [1.29, 1.82) is 0 Å². The number of allylic oxidation sites excluding steroid dienone is 1. The molecule has 1 aliphatic rings. The normalized spacial score (nSPS) is 22.7. The lowest BCUT2D eigenvalue weighted by Crippen LogP contribution is -2.44. The minimum Gasteiger partial charge on any atom is -0.356 e. The summed E-state index contributed by atoms with van der Waals surface area (Å²) in [6, 6.07) is 11.8. The number of hydrogen-bond donors (Lipinski definition) is 2. The van der Waals surface area contributed by atoms with Gasteiger partial charge < -0.3 is 10.6 Å². The molecule has 0 bridgehead atoms. The van der Waals surface area contributed by atoms with Gasteiger partial charge in [0.25, 0.3) is 0 Å². The summed E-state index contributed by atoms with van der Waals surface area (Å²) >= 11 is 0. The molecule has 4 nitrogen and oxygen atoms in total. The molecule has 0 radical (unpaired) electrons. The van der Waals surface area contributed by atoms with Gasteiger partial charge in [-0.2, -0.15) is 0 Å². The fourth-order valence-electron chi connectivity index (χ4n) is 3.07. The van der Waals surface area contributed by atoms with Crippen LogP contribution in [0.2, 0.25) is 0 Å². The lowest BCUT2D eigenvalue weighted by Gasteiger charge is -2.21. The second-order valence-electron chi connectivity index (χ2n) is 6.20. The maximum absolute atomic E-state index is 4.34. The highest BCUT2D eigenvalue weighted by molar-refractivity contribution is 5.80. The molecular formula is C19H30N4. The van der Waals surface area contributed by atoms with E-state index < -0.39 is 0 Å². The van der Waals surface area contributed by atoms with Gasteiger partial charge in [0.15, 0.2) is 5.96 Å². The number of nitrogens with zero attached hydrogens (tertiary/aromatic N) is 2. The van der Waals surface area contributed by atoms with Crippen LogP contribution in [-0.4, -0.2) is 43.1 Å². The summed E-state index contributed by atoms with van der Waals surface area (Å²) in [5, 5.41) is 6.94. The van der Waals surface area contributed by atoms with Crippen molar-refractivity contribution >= 4 is 5.96 Å². The van der Waals surface area contributed by atoms with Gasteiger partial charge in [-0.15, -0.1) is 0 Å². The SMILES string of the molecule is C/C=C/CCNC(=NC)NC1CC(C)N(Cc2ccccc2)C1. The monoisotopic (exact) mass is 314 g/mol. The fraction of sp³-hybridized carbons (Fsp3) is 0.526. The van der Waals surface area contributed by atoms with Gasteiger partial charge in [0, 0.05) is 38.8 Å². The van der Waals surface area contributed by atoms with Gasteiger partial charge in [-0.05, 0) is 32.3 Å². The van der Waals surface area contributed by atoms with E-state index in [4.69, 9.17) is 0 Å². The smallest absolute Gasteiger partial charge is 0.191 e. The summed E-state index contributed by atoms with van der Waals surface area (Å²) in [6.45, 7) is 7.36. The highest BCUT2D eigenvalue weighted by Gasteiger charge is 2.29. The van der Waals surface area contributed by atoms with Gasteiger partial charge in [-0.1, -0.05) is 42.5 Å². The molecule has 4 heteroatoms. The Kier molecular flexibility index (Phi) is 7.14. The predicted octanol–water partition coefficient (Wildman–Crippen LogP) is 2.78. The molecule has 1 heterocycles. The lowest BCUT2D eigenvalue weighted by atomic mass is 10.2. The molecule has 2 unspecified atom stereocenters. The van der Waals surface area contributed by atoms with Crippen molar-refractivity contribution < 1.29 is 0 Å². The summed E-state index contributed by atoms with van der Waals surface area (Å²) in [7, 11) is 1.84. The standard InChI is InChI=1S/C19H30N4/c1-4-5-9-12-21-19(20-3)22-18-13-16(2)23(15-18)14-17-10-7-6-8-11-17/h4-8,10-11,16,18H,9,12-15H2,1-3H3,(H2,20,21,22)/b5-4+. The van der Waals surface area contributed by atoms with Gasteiger partial charge in [0.2, 0.25) is 0 Å². The van der Waals surface area contributed by atoms with Crippen molar-refractivity contribution in [3.63, 3.8) is 0 Å². The zero-order valence-corrected chi connectivity index (χ0v) is 14.6. The summed E-state index contributed by atoms with van der Waals surface area (Å²) in [6.07, 6.45) is 6.43. The molecular weight excluding hydrogens is 284 g/mol. The molecule has 23 heavy (non-hydrogen) atoms. The Balaban J connectivity index is 1.80. The zero-order valence-electron chi connectivity index (χ0n) is 14.6. The summed E-state index contributed by atoms with van der Waals surface area (Å²) in [4.78, 5) is 6.88. The van der Waals surface area contributed by atoms with Crippen molar-refractivity contribution in [3.8, 4) is 0 Å². The summed E-state index contributed by atoms with van der Waals surface area (Å²) < 4.78 is 0. The van der Waals surface area contributed by atoms with E-state index >= 15 is 0 Å². The van der Waals surface area contributed by atoms with E-state index in [2.05, 4.69) is 69.9 Å². The third kappa shape index (κ3) is 5.71. The fourth-order valence-corrected chi connectivity index (χ4v) is 3.07.